The second-order valence-electron chi connectivity index (χ2n) is 4.82. The molecule has 6 heteroatoms. The highest BCUT2D eigenvalue weighted by Crippen LogP contribution is 2.22. The van der Waals surface area contributed by atoms with Crippen LogP contribution in [0, 0.1) is 5.41 Å². The maximum atomic E-state index is 11.9. The van der Waals surface area contributed by atoms with Crippen LogP contribution < -0.4 is 0 Å². The summed E-state index contributed by atoms with van der Waals surface area (Å²) < 4.78 is 5.89. The van der Waals surface area contributed by atoms with E-state index in [4.69, 9.17) is 9.52 Å². The van der Waals surface area contributed by atoms with Crippen LogP contribution in [0.15, 0.2) is 21.2 Å². The van der Waals surface area contributed by atoms with E-state index in [9.17, 15) is 9.59 Å². The van der Waals surface area contributed by atoms with Crippen molar-refractivity contribution in [2.45, 2.75) is 26.8 Å². The zero-order valence-corrected chi connectivity index (χ0v) is 12.2. The van der Waals surface area contributed by atoms with Crippen molar-refractivity contribution in [1.29, 1.82) is 0 Å². The van der Waals surface area contributed by atoms with Crippen LogP contribution in [0.5, 0.6) is 0 Å². The van der Waals surface area contributed by atoms with Crippen LogP contribution in [0.3, 0.4) is 0 Å². The van der Waals surface area contributed by atoms with Gasteiger partial charge in [0.05, 0.1) is 12.0 Å². The fourth-order valence-electron chi connectivity index (χ4n) is 1.35. The number of hydrogen-bond acceptors (Lipinski definition) is 3. The van der Waals surface area contributed by atoms with Gasteiger partial charge in [0, 0.05) is 13.5 Å². The first kappa shape index (κ1) is 14.8. The van der Waals surface area contributed by atoms with Crippen molar-refractivity contribution in [2.75, 3.05) is 7.05 Å². The molecule has 0 aliphatic rings. The molecule has 0 bridgehead atoms. The van der Waals surface area contributed by atoms with E-state index >= 15 is 0 Å². The molecule has 1 aromatic heterocycles. The van der Waals surface area contributed by atoms with Gasteiger partial charge in [-0.2, -0.15) is 0 Å². The molecule has 18 heavy (non-hydrogen) atoms. The van der Waals surface area contributed by atoms with Gasteiger partial charge in [-0.1, -0.05) is 0 Å². The minimum absolute atomic E-state index is 0.0410. The van der Waals surface area contributed by atoms with Crippen molar-refractivity contribution < 1.29 is 19.1 Å². The first-order valence-electron chi connectivity index (χ1n) is 5.44. The highest BCUT2D eigenvalue weighted by molar-refractivity contribution is 9.10. The SMILES string of the molecule is CN(Cc1ccc(Br)o1)C(=O)CC(C)(C)C(=O)O. The van der Waals surface area contributed by atoms with Crippen molar-refractivity contribution in [1.82, 2.24) is 4.90 Å². The summed E-state index contributed by atoms with van der Waals surface area (Å²) in [6, 6.07) is 3.50. The summed E-state index contributed by atoms with van der Waals surface area (Å²) in [7, 11) is 1.62. The Hall–Kier alpha value is -1.30. The summed E-state index contributed by atoms with van der Waals surface area (Å²) >= 11 is 3.18. The Balaban J connectivity index is 2.59. The Kier molecular flexibility index (Phi) is 4.56. The maximum absolute atomic E-state index is 11.9. The van der Waals surface area contributed by atoms with Crippen molar-refractivity contribution in [3.05, 3.63) is 22.6 Å². The zero-order chi connectivity index (χ0) is 13.9. The van der Waals surface area contributed by atoms with Crippen LogP contribution in [-0.2, 0) is 16.1 Å². The summed E-state index contributed by atoms with van der Waals surface area (Å²) in [6.07, 6.45) is -0.0410. The Morgan fingerprint density at radius 1 is 1.44 bits per heavy atom. The van der Waals surface area contributed by atoms with Crippen molar-refractivity contribution in [3.8, 4) is 0 Å². The number of furan rings is 1. The number of carboxylic acid groups (broad SMARTS) is 1. The van der Waals surface area contributed by atoms with Gasteiger partial charge >= 0.3 is 5.97 Å². The third-order valence-electron chi connectivity index (χ3n) is 2.62. The third-order valence-corrected chi connectivity index (χ3v) is 3.05. The fraction of sp³-hybridized carbons (Fsp3) is 0.500. The molecule has 100 valence electrons. The van der Waals surface area contributed by atoms with E-state index < -0.39 is 11.4 Å². The molecule has 1 aromatic rings. The number of aliphatic carboxylic acids is 1. The topological polar surface area (TPSA) is 70.8 Å². The van der Waals surface area contributed by atoms with E-state index in [0.717, 1.165) is 0 Å². The Labute approximate surface area is 114 Å². The predicted molar refractivity (Wildman–Crippen MR) is 68.9 cm³/mol. The molecule has 0 atom stereocenters. The molecular formula is C12H16BrNO4. The highest BCUT2D eigenvalue weighted by atomic mass is 79.9. The standard InChI is InChI=1S/C12H16BrNO4/c1-12(2,11(16)17)6-10(15)14(3)7-8-4-5-9(13)18-8/h4-5H,6-7H2,1-3H3,(H,16,17). The molecule has 0 aromatic carbocycles. The second kappa shape index (κ2) is 5.56. The molecule has 0 spiro atoms. The number of hydrogen-bond donors (Lipinski definition) is 1. The van der Waals surface area contributed by atoms with Crippen LogP contribution in [-0.4, -0.2) is 28.9 Å². The molecule has 1 amide bonds. The first-order valence-corrected chi connectivity index (χ1v) is 6.23. The summed E-state index contributed by atoms with van der Waals surface area (Å²) in [6.45, 7) is 3.38. The number of rotatable bonds is 5. The molecule has 1 heterocycles. The zero-order valence-electron chi connectivity index (χ0n) is 10.6. The summed E-state index contributed by atoms with van der Waals surface area (Å²) in [5, 5.41) is 8.97. The molecule has 1 N–H and O–H groups in total. The average molecular weight is 318 g/mol. The van der Waals surface area contributed by atoms with Crippen LogP contribution in [0.4, 0.5) is 0 Å². The Morgan fingerprint density at radius 2 is 2.06 bits per heavy atom. The lowest BCUT2D eigenvalue weighted by molar-refractivity contribution is -0.151. The van der Waals surface area contributed by atoms with Gasteiger partial charge in [0.15, 0.2) is 4.67 Å². The van der Waals surface area contributed by atoms with Gasteiger partial charge in [0.2, 0.25) is 5.91 Å². The van der Waals surface area contributed by atoms with Gasteiger partial charge in [-0.15, -0.1) is 0 Å². The lowest BCUT2D eigenvalue weighted by Crippen LogP contribution is -2.34. The van der Waals surface area contributed by atoms with Gasteiger partial charge in [-0.3, -0.25) is 9.59 Å². The number of nitrogens with zero attached hydrogens (tertiary/aromatic N) is 1. The number of amides is 1. The normalized spacial score (nSPS) is 11.3. The van der Waals surface area contributed by atoms with E-state index in [1.807, 2.05) is 0 Å². The van der Waals surface area contributed by atoms with Crippen molar-refractivity contribution >= 4 is 27.8 Å². The number of carboxylic acids is 1. The Morgan fingerprint density at radius 3 is 2.50 bits per heavy atom. The van der Waals surface area contributed by atoms with Crippen LogP contribution in [0.25, 0.3) is 0 Å². The monoisotopic (exact) mass is 317 g/mol. The molecular weight excluding hydrogens is 302 g/mol. The maximum Gasteiger partial charge on any atom is 0.309 e. The van der Waals surface area contributed by atoms with E-state index in [-0.39, 0.29) is 12.3 Å². The van der Waals surface area contributed by atoms with Gasteiger partial charge in [-0.05, 0) is 41.9 Å². The Bertz CT molecular complexity index is 453. The molecule has 0 radical (unpaired) electrons. The first-order chi connectivity index (χ1) is 8.22. The predicted octanol–water partition coefficient (Wildman–Crippen LogP) is 2.50. The molecule has 0 unspecified atom stereocenters. The fourth-order valence-corrected chi connectivity index (χ4v) is 1.69. The average Bonchev–Trinajstić information content (AvgIpc) is 2.63. The lowest BCUT2D eigenvalue weighted by atomic mass is 9.89. The molecule has 0 aliphatic heterocycles. The van der Waals surface area contributed by atoms with Crippen LogP contribution in [0.2, 0.25) is 0 Å². The smallest absolute Gasteiger partial charge is 0.309 e. The number of carbonyl (C=O) groups is 2. The van der Waals surface area contributed by atoms with Gasteiger partial charge in [-0.25, -0.2) is 0 Å². The van der Waals surface area contributed by atoms with Gasteiger partial charge < -0.3 is 14.4 Å². The van der Waals surface area contributed by atoms with Crippen LogP contribution in [0.1, 0.15) is 26.0 Å². The van der Waals surface area contributed by atoms with Crippen molar-refractivity contribution in [2.24, 2.45) is 5.41 Å². The summed E-state index contributed by atoms with van der Waals surface area (Å²) in [4.78, 5) is 24.3. The molecule has 1 rings (SSSR count). The lowest BCUT2D eigenvalue weighted by Gasteiger charge is -2.22. The van der Waals surface area contributed by atoms with Crippen molar-refractivity contribution in [3.63, 3.8) is 0 Å². The van der Waals surface area contributed by atoms with E-state index in [2.05, 4.69) is 15.9 Å². The van der Waals surface area contributed by atoms with Crippen LogP contribution >= 0.6 is 15.9 Å². The third kappa shape index (κ3) is 3.87. The quantitative estimate of drug-likeness (QED) is 0.905. The molecule has 0 fully saturated rings. The molecule has 0 saturated carbocycles. The summed E-state index contributed by atoms with van der Waals surface area (Å²) in [5.74, 6) is -0.564. The molecule has 0 aliphatic carbocycles. The molecule has 5 nitrogen and oxygen atoms in total. The van der Waals surface area contributed by atoms with E-state index in [0.29, 0.717) is 17.0 Å². The van der Waals surface area contributed by atoms with Gasteiger partial charge in [0.1, 0.15) is 5.76 Å². The highest BCUT2D eigenvalue weighted by Gasteiger charge is 2.31. The largest absolute Gasteiger partial charge is 0.481 e. The second-order valence-corrected chi connectivity index (χ2v) is 5.60. The molecule has 0 saturated heterocycles. The van der Waals surface area contributed by atoms with Gasteiger partial charge in [0.25, 0.3) is 0 Å². The summed E-state index contributed by atoms with van der Waals surface area (Å²) in [5.41, 5.74) is -1.06. The minimum Gasteiger partial charge on any atom is -0.481 e. The van der Waals surface area contributed by atoms with E-state index in [1.54, 1.807) is 19.2 Å². The minimum atomic E-state index is -1.06. The number of halogens is 1. The number of carbonyl (C=O) groups excluding carboxylic acids is 1. The van der Waals surface area contributed by atoms with E-state index in [1.165, 1.54) is 18.7 Å².